The molecule has 6 heteroatoms. The lowest BCUT2D eigenvalue weighted by Crippen LogP contribution is -2.67. The van der Waals surface area contributed by atoms with E-state index < -0.39 is 41.4 Å². The van der Waals surface area contributed by atoms with Gasteiger partial charge in [0, 0.05) is 17.8 Å². The van der Waals surface area contributed by atoms with E-state index in [4.69, 9.17) is 9.47 Å². The number of aliphatic hydroxyl groups excluding tert-OH is 1. The molecule has 0 saturated heterocycles. The number of allylic oxidation sites excluding steroid dienone is 2. The maximum absolute atomic E-state index is 14.2. The topological polar surface area (TPSA) is 89.9 Å². The van der Waals surface area contributed by atoms with Gasteiger partial charge >= 0.3 is 11.9 Å². The Morgan fingerprint density at radius 1 is 1.09 bits per heavy atom. The number of aliphatic hydroxyl groups is 1. The lowest BCUT2D eigenvalue weighted by atomic mass is 9.46. The normalized spacial score (nSPS) is 44.0. The minimum Gasteiger partial charge on any atom is -0.468 e. The fourth-order valence-corrected chi connectivity index (χ4v) is 7.52. The number of ketones is 1. The summed E-state index contributed by atoms with van der Waals surface area (Å²) in [5.74, 6) is -2.97. The van der Waals surface area contributed by atoms with E-state index in [1.165, 1.54) is 7.11 Å². The molecule has 5 rings (SSSR count). The van der Waals surface area contributed by atoms with Crippen LogP contribution in [0.3, 0.4) is 0 Å². The summed E-state index contributed by atoms with van der Waals surface area (Å²) < 4.78 is 11.4. The van der Waals surface area contributed by atoms with E-state index in [9.17, 15) is 19.5 Å². The molecule has 2 bridgehead atoms. The van der Waals surface area contributed by atoms with Crippen LogP contribution < -0.4 is 0 Å². The summed E-state index contributed by atoms with van der Waals surface area (Å²) in [6.45, 7) is 3.84. The molecule has 4 aliphatic carbocycles. The number of carbonyl (C=O) groups excluding carboxylic acids is 3. The lowest BCUT2D eigenvalue weighted by molar-refractivity contribution is -0.193. The highest BCUT2D eigenvalue weighted by Crippen LogP contribution is 2.65. The highest BCUT2D eigenvalue weighted by Gasteiger charge is 2.73. The molecule has 1 aromatic rings. The van der Waals surface area contributed by atoms with Gasteiger partial charge in [0.1, 0.15) is 11.5 Å². The van der Waals surface area contributed by atoms with E-state index in [1.807, 2.05) is 32.1 Å². The van der Waals surface area contributed by atoms with Gasteiger partial charge in [-0.1, -0.05) is 44.2 Å². The third kappa shape index (κ3) is 2.71. The molecule has 0 aromatic heterocycles. The van der Waals surface area contributed by atoms with Crippen LogP contribution in [0.2, 0.25) is 0 Å². The SMILES string of the molecule is COC(=O)C12C(=O)C3C([C@H]4C[C@@H]3CC4O)[C@@H](OC(=O)c3ccccc3)C1[C@@H](C)C=C[C@H]2C. The van der Waals surface area contributed by atoms with Crippen molar-refractivity contribution < 1.29 is 29.0 Å². The van der Waals surface area contributed by atoms with Crippen LogP contribution in [0.25, 0.3) is 0 Å². The molecule has 0 aliphatic heterocycles. The van der Waals surface area contributed by atoms with Gasteiger partial charge in [0.2, 0.25) is 0 Å². The second-order valence-corrected chi connectivity index (χ2v) is 10.1. The first kappa shape index (κ1) is 21.4. The van der Waals surface area contributed by atoms with Gasteiger partial charge in [-0.25, -0.2) is 4.79 Å². The van der Waals surface area contributed by atoms with Gasteiger partial charge in [-0.15, -0.1) is 0 Å². The zero-order valence-electron chi connectivity index (χ0n) is 18.6. The van der Waals surface area contributed by atoms with Crippen molar-refractivity contribution in [2.75, 3.05) is 7.11 Å². The number of methoxy groups -OCH3 is 1. The van der Waals surface area contributed by atoms with Gasteiger partial charge in [0.05, 0.1) is 18.8 Å². The Hall–Kier alpha value is -2.47. The van der Waals surface area contributed by atoms with E-state index >= 15 is 0 Å². The molecule has 4 aliphatic rings. The number of benzene rings is 1. The zero-order valence-corrected chi connectivity index (χ0v) is 18.6. The molecule has 0 amide bonds. The van der Waals surface area contributed by atoms with Crippen molar-refractivity contribution in [2.24, 2.45) is 46.8 Å². The third-order valence-electron chi connectivity index (χ3n) is 8.76. The molecular weight excluding hydrogens is 408 g/mol. The molecule has 0 radical (unpaired) electrons. The summed E-state index contributed by atoms with van der Waals surface area (Å²) in [5, 5.41) is 10.7. The Balaban J connectivity index is 1.65. The Labute approximate surface area is 188 Å². The number of fused-ring (bicyclic) bond motifs is 6. The Bertz CT molecular complexity index is 970. The third-order valence-corrected chi connectivity index (χ3v) is 8.76. The monoisotopic (exact) mass is 438 g/mol. The van der Waals surface area contributed by atoms with Crippen LogP contribution in [0, 0.1) is 46.8 Å². The minimum atomic E-state index is -1.39. The van der Waals surface area contributed by atoms with Crippen molar-refractivity contribution in [1.29, 1.82) is 0 Å². The van der Waals surface area contributed by atoms with E-state index in [0.717, 1.165) is 6.42 Å². The smallest absolute Gasteiger partial charge is 0.338 e. The van der Waals surface area contributed by atoms with Crippen LogP contribution in [0.15, 0.2) is 42.5 Å². The van der Waals surface area contributed by atoms with Crippen LogP contribution in [0.5, 0.6) is 0 Å². The first-order chi connectivity index (χ1) is 15.3. The van der Waals surface area contributed by atoms with Crippen molar-refractivity contribution in [3.63, 3.8) is 0 Å². The second kappa shape index (κ2) is 7.55. The molecule has 3 saturated carbocycles. The number of esters is 2. The molecule has 6 nitrogen and oxygen atoms in total. The Morgan fingerprint density at radius 2 is 1.81 bits per heavy atom. The molecule has 32 heavy (non-hydrogen) atoms. The quantitative estimate of drug-likeness (QED) is 0.443. The summed E-state index contributed by atoms with van der Waals surface area (Å²) in [4.78, 5) is 40.7. The molecule has 1 N–H and O–H groups in total. The first-order valence-corrected chi connectivity index (χ1v) is 11.6. The molecule has 5 unspecified atom stereocenters. The van der Waals surface area contributed by atoms with Gasteiger partial charge in [0.15, 0.2) is 5.78 Å². The maximum atomic E-state index is 14.2. The van der Waals surface area contributed by atoms with E-state index in [1.54, 1.807) is 24.3 Å². The number of hydrogen-bond acceptors (Lipinski definition) is 6. The van der Waals surface area contributed by atoms with Gasteiger partial charge in [-0.2, -0.15) is 0 Å². The fourth-order valence-electron chi connectivity index (χ4n) is 7.52. The van der Waals surface area contributed by atoms with Crippen molar-refractivity contribution >= 4 is 17.7 Å². The number of carbonyl (C=O) groups is 3. The lowest BCUT2D eigenvalue weighted by Gasteiger charge is -2.56. The Kier molecular flexibility index (Phi) is 5.04. The average Bonchev–Trinajstić information content (AvgIpc) is 3.36. The fraction of sp³-hybridized carbons (Fsp3) is 0.577. The summed E-state index contributed by atoms with van der Waals surface area (Å²) in [6.07, 6.45) is 4.05. The van der Waals surface area contributed by atoms with Crippen LogP contribution in [-0.4, -0.2) is 42.1 Å². The first-order valence-electron chi connectivity index (χ1n) is 11.6. The molecule has 3 fully saturated rings. The van der Waals surface area contributed by atoms with Crippen LogP contribution in [-0.2, 0) is 19.1 Å². The van der Waals surface area contributed by atoms with Crippen molar-refractivity contribution in [1.82, 2.24) is 0 Å². The number of hydrogen-bond donors (Lipinski definition) is 1. The number of ether oxygens (including phenoxy) is 2. The number of Topliss-reactive ketones (excluding diaryl/α,β-unsaturated/α-hetero) is 1. The van der Waals surface area contributed by atoms with Crippen LogP contribution in [0.1, 0.15) is 37.0 Å². The molecule has 1 aromatic carbocycles. The largest absolute Gasteiger partial charge is 0.468 e. The second-order valence-electron chi connectivity index (χ2n) is 10.1. The molecule has 10 atom stereocenters. The predicted molar refractivity (Wildman–Crippen MR) is 115 cm³/mol. The summed E-state index contributed by atoms with van der Waals surface area (Å²) in [5.41, 5.74) is -0.957. The molecule has 0 spiro atoms. The number of rotatable bonds is 3. The summed E-state index contributed by atoms with van der Waals surface area (Å²) in [7, 11) is 1.32. The standard InChI is InChI=1S/C26H30O6/c1-13-9-10-14(2)26(25(30)31-3)21(13)22(32-24(29)15-7-5-4-6-8-15)20-17-11-16(12-18(17)27)19(20)23(26)28/h4-10,13-14,16-22,27H,11-12H2,1-3H3/t13-,14+,16+,17-,18?,19?,20?,21?,22+,26?/m0/s1. The highest BCUT2D eigenvalue weighted by molar-refractivity contribution is 6.07. The van der Waals surface area contributed by atoms with Crippen molar-refractivity contribution in [2.45, 2.75) is 38.9 Å². The van der Waals surface area contributed by atoms with Gasteiger partial charge in [-0.05, 0) is 48.6 Å². The van der Waals surface area contributed by atoms with Gasteiger partial charge in [0.25, 0.3) is 0 Å². The van der Waals surface area contributed by atoms with Gasteiger partial charge in [-0.3, -0.25) is 9.59 Å². The maximum Gasteiger partial charge on any atom is 0.338 e. The Morgan fingerprint density at radius 3 is 2.50 bits per heavy atom. The van der Waals surface area contributed by atoms with Gasteiger partial charge < -0.3 is 14.6 Å². The van der Waals surface area contributed by atoms with E-state index in [-0.39, 0.29) is 35.4 Å². The predicted octanol–water partition coefficient (Wildman–Crippen LogP) is 3.05. The van der Waals surface area contributed by atoms with Crippen molar-refractivity contribution in [3.05, 3.63) is 48.0 Å². The summed E-state index contributed by atoms with van der Waals surface area (Å²) >= 11 is 0. The summed E-state index contributed by atoms with van der Waals surface area (Å²) in [6, 6.07) is 8.78. The minimum absolute atomic E-state index is 0.00122. The molecule has 0 heterocycles. The average molecular weight is 439 g/mol. The van der Waals surface area contributed by atoms with E-state index in [0.29, 0.717) is 12.0 Å². The zero-order chi connectivity index (χ0) is 22.8. The molecule has 170 valence electrons. The van der Waals surface area contributed by atoms with E-state index in [2.05, 4.69) is 0 Å². The van der Waals surface area contributed by atoms with Crippen LogP contribution >= 0.6 is 0 Å². The highest BCUT2D eigenvalue weighted by atomic mass is 16.5. The van der Waals surface area contributed by atoms with Crippen molar-refractivity contribution in [3.8, 4) is 0 Å². The molecular formula is C26H30O6. The van der Waals surface area contributed by atoms with Crippen LogP contribution in [0.4, 0.5) is 0 Å².